The van der Waals surface area contributed by atoms with Gasteiger partial charge < -0.3 is 14.6 Å². The van der Waals surface area contributed by atoms with Gasteiger partial charge in [0, 0.05) is 30.0 Å². The van der Waals surface area contributed by atoms with Crippen molar-refractivity contribution in [1.29, 1.82) is 0 Å². The van der Waals surface area contributed by atoms with E-state index in [0.29, 0.717) is 33.4 Å². The molecule has 1 fully saturated rings. The molecule has 0 saturated carbocycles. The summed E-state index contributed by atoms with van der Waals surface area (Å²) in [6, 6.07) is 5.38. The molecule has 0 spiro atoms. The third kappa shape index (κ3) is 4.16. The van der Waals surface area contributed by atoms with Crippen molar-refractivity contribution in [1.82, 2.24) is 14.8 Å². The van der Waals surface area contributed by atoms with Crippen molar-refractivity contribution >= 4 is 46.0 Å². The minimum absolute atomic E-state index is 0.227. The maximum absolute atomic E-state index is 11.3. The second-order valence-electron chi connectivity index (χ2n) is 7.00. The summed E-state index contributed by atoms with van der Waals surface area (Å²) in [5.41, 5.74) is 1.38. The van der Waals surface area contributed by atoms with Gasteiger partial charge in [-0.2, -0.15) is 5.10 Å². The van der Waals surface area contributed by atoms with Crippen molar-refractivity contribution in [2.75, 3.05) is 11.9 Å². The summed E-state index contributed by atoms with van der Waals surface area (Å²) in [6.45, 7) is 2.48. The lowest BCUT2D eigenvalue weighted by molar-refractivity contribution is -0.0365. The number of carboxylic acid groups (broad SMARTS) is 1. The van der Waals surface area contributed by atoms with Gasteiger partial charge in [0.05, 0.1) is 15.6 Å². The second kappa shape index (κ2) is 8.67. The van der Waals surface area contributed by atoms with Gasteiger partial charge in [-0.15, -0.1) is 0 Å². The third-order valence-electron chi connectivity index (χ3n) is 4.94. The molecule has 3 heterocycles. The largest absolute Gasteiger partial charge is 0.486 e. The quantitative estimate of drug-likeness (QED) is 0.519. The number of hydrogen-bond acceptors (Lipinski definition) is 5. The summed E-state index contributed by atoms with van der Waals surface area (Å²) in [7, 11) is 0. The average molecular weight is 451 g/mol. The van der Waals surface area contributed by atoms with Gasteiger partial charge in [-0.05, 0) is 44.4 Å². The molecule has 1 amide bonds. The van der Waals surface area contributed by atoms with E-state index in [9.17, 15) is 9.90 Å². The number of aromatic nitrogens is 3. The van der Waals surface area contributed by atoms with Gasteiger partial charge in [-0.1, -0.05) is 23.2 Å². The molecule has 4 rings (SSSR count). The number of amides is 1. The zero-order chi connectivity index (χ0) is 21.3. The van der Waals surface area contributed by atoms with Gasteiger partial charge in [0.15, 0.2) is 12.0 Å². The first-order valence-corrected chi connectivity index (χ1v) is 10.3. The number of nitrogens with zero attached hydrogens (tertiary/aromatic N) is 3. The number of carbonyl (C=O) groups is 1. The number of benzene rings is 1. The molecule has 0 bridgehead atoms. The number of fused-ring (bicyclic) bond motifs is 1. The fourth-order valence-electron chi connectivity index (χ4n) is 3.60. The summed E-state index contributed by atoms with van der Waals surface area (Å²) >= 11 is 12.5. The topological polar surface area (TPSA) is 98.5 Å². The number of halogens is 2. The van der Waals surface area contributed by atoms with Crippen LogP contribution in [-0.2, 0) is 4.74 Å². The van der Waals surface area contributed by atoms with Gasteiger partial charge in [0.1, 0.15) is 11.9 Å². The molecule has 0 aliphatic carbocycles. The van der Waals surface area contributed by atoms with Crippen LogP contribution >= 0.6 is 23.2 Å². The Bertz CT molecular complexity index is 1060. The highest BCUT2D eigenvalue weighted by Crippen LogP contribution is 2.36. The van der Waals surface area contributed by atoms with Crippen LogP contribution in [0.25, 0.3) is 10.9 Å². The van der Waals surface area contributed by atoms with Crippen LogP contribution < -0.4 is 10.1 Å². The van der Waals surface area contributed by atoms with E-state index >= 15 is 0 Å². The number of rotatable bonds is 5. The van der Waals surface area contributed by atoms with Crippen LogP contribution in [0, 0.1) is 0 Å². The molecular weight excluding hydrogens is 431 g/mol. The molecule has 2 atom stereocenters. The number of nitrogens with one attached hydrogen (secondary N) is 1. The highest BCUT2D eigenvalue weighted by molar-refractivity contribution is 6.35. The fraction of sp³-hybridized carbons (Fsp3) is 0.350. The molecule has 1 unspecified atom stereocenters. The standard InChI is InChI=1S/C20H20Cl2N4O4/c1-11(18-14(21)9-23-10-15(18)22)30-12-5-6-16-13(8-12)19(24-20(27)28)25-26(16)17-4-2-3-7-29-17/h5-6,8-11,17H,2-4,7H2,1H3,(H,24,25)(H,27,28)/t11-,17?/m1/s1. The van der Waals surface area contributed by atoms with Crippen LogP contribution in [0.5, 0.6) is 5.75 Å². The van der Waals surface area contributed by atoms with Gasteiger partial charge >= 0.3 is 6.09 Å². The van der Waals surface area contributed by atoms with Crippen LogP contribution in [0.1, 0.15) is 44.1 Å². The Hall–Kier alpha value is -2.55. The second-order valence-corrected chi connectivity index (χ2v) is 7.81. The normalized spacial score (nSPS) is 17.6. The lowest BCUT2D eigenvalue weighted by atomic mass is 10.1. The van der Waals surface area contributed by atoms with Gasteiger partial charge in [0.2, 0.25) is 0 Å². The Labute approximate surface area is 182 Å². The zero-order valence-electron chi connectivity index (χ0n) is 16.1. The maximum Gasteiger partial charge on any atom is 0.410 e. The summed E-state index contributed by atoms with van der Waals surface area (Å²) < 4.78 is 13.6. The first-order chi connectivity index (χ1) is 14.4. The van der Waals surface area contributed by atoms with E-state index in [1.165, 1.54) is 12.4 Å². The predicted molar refractivity (Wildman–Crippen MR) is 114 cm³/mol. The molecule has 8 nitrogen and oxygen atoms in total. The molecule has 10 heteroatoms. The monoisotopic (exact) mass is 450 g/mol. The molecule has 2 N–H and O–H groups in total. The van der Waals surface area contributed by atoms with E-state index in [1.54, 1.807) is 16.8 Å². The van der Waals surface area contributed by atoms with Gasteiger partial charge in [0.25, 0.3) is 0 Å². The Morgan fingerprint density at radius 3 is 2.77 bits per heavy atom. The van der Waals surface area contributed by atoms with Crippen molar-refractivity contribution in [3.05, 3.63) is 46.2 Å². The number of anilines is 1. The van der Waals surface area contributed by atoms with Gasteiger partial charge in [-0.25, -0.2) is 9.48 Å². The summed E-state index contributed by atoms with van der Waals surface area (Å²) in [5.74, 6) is 0.751. The van der Waals surface area contributed by atoms with E-state index in [1.807, 2.05) is 13.0 Å². The molecule has 2 aromatic heterocycles. The molecular formula is C20H20Cl2N4O4. The van der Waals surface area contributed by atoms with E-state index in [4.69, 9.17) is 32.7 Å². The fourth-order valence-corrected chi connectivity index (χ4v) is 4.27. The van der Waals surface area contributed by atoms with Crippen LogP contribution in [0.15, 0.2) is 30.6 Å². The molecule has 158 valence electrons. The Balaban J connectivity index is 1.69. The van der Waals surface area contributed by atoms with E-state index in [-0.39, 0.29) is 12.0 Å². The Kier molecular flexibility index (Phi) is 5.99. The number of ether oxygens (including phenoxy) is 2. The molecule has 0 radical (unpaired) electrons. The Morgan fingerprint density at radius 1 is 1.33 bits per heavy atom. The van der Waals surface area contributed by atoms with Crippen LogP contribution in [0.2, 0.25) is 10.0 Å². The number of hydrogen-bond donors (Lipinski definition) is 2. The lowest BCUT2D eigenvalue weighted by Gasteiger charge is -2.23. The van der Waals surface area contributed by atoms with Crippen LogP contribution in [-0.4, -0.2) is 32.6 Å². The molecule has 1 aliphatic rings. The van der Waals surface area contributed by atoms with Crippen LogP contribution in [0.3, 0.4) is 0 Å². The highest BCUT2D eigenvalue weighted by atomic mass is 35.5. The predicted octanol–water partition coefficient (Wildman–Crippen LogP) is 5.67. The Morgan fingerprint density at radius 2 is 2.10 bits per heavy atom. The first-order valence-electron chi connectivity index (χ1n) is 9.53. The summed E-state index contributed by atoms with van der Waals surface area (Å²) in [5, 5.41) is 17.5. The minimum Gasteiger partial charge on any atom is -0.486 e. The highest BCUT2D eigenvalue weighted by Gasteiger charge is 2.23. The minimum atomic E-state index is -1.19. The van der Waals surface area contributed by atoms with Crippen molar-refractivity contribution in [3.63, 3.8) is 0 Å². The zero-order valence-corrected chi connectivity index (χ0v) is 17.7. The van der Waals surface area contributed by atoms with E-state index < -0.39 is 12.2 Å². The molecule has 30 heavy (non-hydrogen) atoms. The van der Waals surface area contributed by atoms with E-state index in [0.717, 1.165) is 24.8 Å². The summed E-state index contributed by atoms with van der Waals surface area (Å²) in [4.78, 5) is 15.2. The molecule has 1 aliphatic heterocycles. The first kappa shape index (κ1) is 20.7. The van der Waals surface area contributed by atoms with Crippen molar-refractivity contribution in [2.45, 2.75) is 38.5 Å². The lowest BCUT2D eigenvalue weighted by Crippen LogP contribution is -2.19. The number of pyridine rings is 1. The smallest absolute Gasteiger partial charge is 0.410 e. The molecule has 1 saturated heterocycles. The van der Waals surface area contributed by atoms with Crippen molar-refractivity contribution in [2.24, 2.45) is 0 Å². The van der Waals surface area contributed by atoms with Crippen LogP contribution in [0.4, 0.5) is 10.6 Å². The third-order valence-corrected chi connectivity index (χ3v) is 5.54. The average Bonchev–Trinajstić information content (AvgIpc) is 3.06. The SMILES string of the molecule is C[C@@H](Oc1ccc2c(c1)c(NC(=O)O)nn2C1CCCCO1)c1c(Cl)cncc1Cl. The summed E-state index contributed by atoms with van der Waals surface area (Å²) in [6.07, 6.45) is 4.00. The molecule has 1 aromatic carbocycles. The van der Waals surface area contributed by atoms with Crippen molar-refractivity contribution < 1.29 is 19.4 Å². The van der Waals surface area contributed by atoms with Gasteiger partial charge in [-0.3, -0.25) is 10.3 Å². The molecule has 3 aromatic rings. The van der Waals surface area contributed by atoms with E-state index in [2.05, 4.69) is 15.4 Å². The van der Waals surface area contributed by atoms with Crippen molar-refractivity contribution in [3.8, 4) is 5.75 Å². The maximum atomic E-state index is 11.3.